The van der Waals surface area contributed by atoms with Gasteiger partial charge in [0.1, 0.15) is 6.54 Å². The summed E-state index contributed by atoms with van der Waals surface area (Å²) in [6.07, 6.45) is 3.23. The van der Waals surface area contributed by atoms with Gasteiger partial charge in [0.15, 0.2) is 6.61 Å². The summed E-state index contributed by atoms with van der Waals surface area (Å²) >= 11 is 3.38. The summed E-state index contributed by atoms with van der Waals surface area (Å²) in [4.78, 5) is 49.6. The number of benzene rings is 1. The third-order valence-electron chi connectivity index (χ3n) is 5.03. The molecule has 3 rings (SSSR count). The number of carbonyl (C=O) groups excluding carboxylic acids is 4. The van der Waals surface area contributed by atoms with Crippen LogP contribution in [0.25, 0.3) is 0 Å². The van der Waals surface area contributed by atoms with Crippen molar-refractivity contribution in [2.75, 3.05) is 18.5 Å². The average molecular weight is 437 g/mol. The molecule has 1 saturated heterocycles. The van der Waals surface area contributed by atoms with Crippen molar-refractivity contribution < 1.29 is 23.9 Å². The van der Waals surface area contributed by atoms with Gasteiger partial charge >= 0.3 is 5.97 Å². The van der Waals surface area contributed by atoms with Crippen LogP contribution in [0.1, 0.15) is 31.2 Å². The first kappa shape index (κ1) is 19.5. The summed E-state index contributed by atoms with van der Waals surface area (Å²) in [5.74, 6) is -2.45. The number of esters is 1. The first-order chi connectivity index (χ1) is 12.9. The van der Waals surface area contributed by atoms with Crippen molar-refractivity contribution in [3.63, 3.8) is 0 Å². The largest absolute Gasteiger partial charge is 0.454 e. The zero-order chi connectivity index (χ0) is 19.6. The highest BCUT2D eigenvalue weighted by Crippen LogP contribution is 2.37. The minimum absolute atomic E-state index is 0.295. The molecule has 2 aliphatic rings. The van der Waals surface area contributed by atoms with Gasteiger partial charge in [-0.15, -0.1) is 0 Å². The summed E-state index contributed by atoms with van der Waals surface area (Å²) < 4.78 is 5.86. The lowest BCUT2D eigenvalue weighted by molar-refractivity contribution is -0.154. The van der Waals surface area contributed by atoms with Gasteiger partial charge in [0.05, 0.1) is 11.8 Å². The standard InChI is InChI=1S/C19H21BrN2O5/c1-11-8-12(6-7-15(11)20)21-16(23)10-27-17(24)9-22-18(25)13-4-2-3-5-14(13)19(22)26/h6-8,13-14H,2-5,9-10H2,1H3,(H,21,23)/t13-,14+. The third kappa shape index (κ3) is 4.37. The fourth-order valence-corrected chi connectivity index (χ4v) is 3.87. The molecule has 0 unspecified atom stereocenters. The summed E-state index contributed by atoms with van der Waals surface area (Å²) in [6, 6.07) is 5.31. The fraction of sp³-hybridized carbons (Fsp3) is 0.474. The number of imide groups is 1. The van der Waals surface area contributed by atoms with E-state index < -0.39 is 25.0 Å². The molecule has 3 amide bonds. The fourth-order valence-electron chi connectivity index (χ4n) is 3.63. The SMILES string of the molecule is Cc1cc(NC(=O)COC(=O)CN2C(=O)[C@H]3CCCC[C@H]3C2=O)ccc1Br. The number of amides is 3. The zero-order valence-electron chi connectivity index (χ0n) is 15.0. The van der Waals surface area contributed by atoms with E-state index in [0.717, 1.165) is 27.8 Å². The Morgan fingerprint density at radius 1 is 1.19 bits per heavy atom. The molecule has 0 spiro atoms. The number of nitrogens with one attached hydrogen (secondary N) is 1. The lowest BCUT2D eigenvalue weighted by atomic mass is 9.81. The molecule has 1 N–H and O–H groups in total. The van der Waals surface area contributed by atoms with Crippen molar-refractivity contribution in [3.8, 4) is 0 Å². The maximum atomic E-state index is 12.3. The van der Waals surface area contributed by atoms with Crippen LogP contribution >= 0.6 is 15.9 Å². The van der Waals surface area contributed by atoms with E-state index in [4.69, 9.17) is 4.74 Å². The number of likely N-dealkylation sites (tertiary alicyclic amines) is 1. The van der Waals surface area contributed by atoms with Crippen LogP contribution in [-0.4, -0.2) is 41.7 Å². The lowest BCUT2D eigenvalue weighted by Crippen LogP contribution is -2.37. The molecule has 7 nitrogen and oxygen atoms in total. The minimum Gasteiger partial charge on any atom is -0.454 e. The quantitative estimate of drug-likeness (QED) is 0.564. The first-order valence-electron chi connectivity index (χ1n) is 8.93. The molecule has 0 aromatic heterocycles. The van der Waals surface area contributed by atoms with E-state index >= 15 is 0 Å². The Labute approximate surface area is 165 Å². The van der Waals surface area contributed by atoms with Crippen LogP contribution < -0.4 is 5.32 Å². The minimum atomic E-state index is -0.766. The molecule has 1 saturated carbocycles. The van der Waals surface area contributed by atoms with E-state index in [1.165, 1.54) is 0 Å². The average Bonchev–Trinajstić information content (AvgIpc) is 2.88. The van der Waals surface area contributed by atoms with Crippen LogP contribution in [0.3, 0.4) is 0 Å². The van der Waals surface area contributed by atoms with Crippen LogP contribution in [0.15, 0.2) is 22.7 Å². The molecule has 1 aliphatic carbocycles. The van der Waals surface area contributed by atoms with Gasteiger partial charge in [0.2, 0.25) is 11.8 Å². The van der Waals surface area contributed by atoms with Crippen LogP contribution in [0.2, 0.25) is 0 Å². The van der Waals surface area contributed by atoms with E-state index in [0.29, 0.717) is 18.5 Å². The molecule has 1 aliphatic heterocycles. The molecule has 1 aromatic rings. The molecule has 8 heteroatoms. The Kier molecular flexibility index (Phi) is 5.94. The number of aryl methyl sites for hydroxylation is 1. The van der Waals surface area contributed by atoms with Crippen molar-refractivity contribution in [2.45, 2.75) is 32.6 Å². The molecule has 27 heavy (non-hydrogen) atoms. The van der Waals surface area contributed by atoms with Crippen molar-refractivity contribution in [1.82, 2.24) is 4.90 Å². The highest BCUT2D eigenvalue weighted by molar-refractivity contribution is 9.10. The smallest absolute Gasteiger partial charge is 0.326 e. The van der Waals surface area contributed by atoms with E-state index in [1.54, 1.807) is 18.2 Å². The molecule has 0 bridgehead atoms. The van der Waals surface area contributed by atoms with Crippen molar-refractivity contribution in [2.24, 2.45) is 11.8 Å². The number of hydrogen-bond donors (Lipinski definition) is 1. The number of halogens is 1. The molecule has 2 atom stereocenters. The second kappa shape index (κ2) is 8.21. The summed E-state index contributed by atoms with van der Waals surface area (Å²) in [7, 11) is 0. The van der Waals surface area contributed by atoms with Crippen molar-refractivity contribution >= 4 is 45.3 Å². The Morgan fingerprint density at radius 2 is 1.81 bits per heavy atom. The zero-order valence-corrected chi connectivity index (χ0v) is 16.6. The van der Waals surface area contributed by atoms with Gasteiger partial charge in [0, 0.05) is 10.2 Å². The van der Waals surface area contributed by atoms with Crippen LogP contribution in [0.4, 0.5) is 5.69 Å². The van der Waals surface area contributed by atoms with Gasteiger partial charge in [-0.2, -0.15) is 0 Å². The molecule has 144 valence electrons. The number of carbonyl (C=O) groups is 4. The van der Waals surface area contributed by atoms with Gasteiger partial charge in [-0.1, -0.05) is 28.8 Å². The monoisotopic (exact) mass is 436 g/mol. The summed E-state index contributed by atoms with van der Waals surface area (Å²) in [5, 5.41) is 2.63. The van der Waals surface area contributed by atoms with Crippen molar-refractivity contribution in [1.29, 1.82) is 0 Å². The van der Waals surface area contributed by atoms with Gasteiger partial charge < -0.3 is 10.1 Å². The third-order valence-corrected chi connectivity index (χ3v) is 5.92. The van der Waals surface area contributed by atoms with Gasteiger partial charge in [-0.05, 0) is 43.5 Å². The number of nitrogens with zero attached hydrogens (tertiary/aromatic N) is 1. The van der Waals surface area contributed by atoms with E-state index in [1.807, 2.05) is 6.92 Å². The van der Waals surface area contributed by atoms with Crippen LogP contribution in [0, 0.1) is 18.8 Å². The second-order valence-corrected chi connectivity index (χ2v) is 7.79. The molecule has 2 fully saturated rings. The Bertz CT molecular complexity index is 770. The number of rotatable bonds is 5. The predicted octanol–water partition coefficient (Wildman–Crippen LogP) is 2.41. The summed E-state index contributed by atoms with van der Waals surface area (Å²) in [6.45, 7) is 0.980. The first-order valence-corrected chi connectivity index (χ1v) is 9.73. The molecule has 1 aromatic carbocycles. The highest BCUT2D eigenvalue weighted by Gasteiger charge is 2.48. The molecular weight excluding hydrogens is 416 g/mol. The van der Waals surface area contributed by atoms with E-state index in [2.05, 4.69) is 21.2 Å². The van der Waals surface area contributed by atoms with Crippen LogP contribution in [0.5, 0.6) is 0 Å². The Hall–Kier alpha value is -2.22. The van der Waals surface area contributed by atoms with Gasteiger partial charge in [0.25, 0.3) is 5.91 Å². The number of ether oxygens (including phenoxy) is 1. The van der Waals surface area contributed by atoms with Crippen molar-refractivity contribution in [3.05, 3.63) is 28.2 Å². The lowest BCUT2D eigenvalue weighted by Gasteiger charge is -2.19. The highest BCUT2D eigenvalue weighted by atomic mass is 79.9. The van der Waals surface area contributed by atoms with Gasteiger partial charge in [-0.3, -0.25) is 24.1 Å². The maximum absolute atomic E-state index is 12.3. The van der Waals surface area contributed by atoms with E-state index in [-0.39, 0.29) is 23.7 Å². The number of anilines is 1. The predicted molar refractivity (Wildman–Crippen MR) is 101 cm³/mol. The second-order valence-electron chi connectivity index (χ2n) is 6.93. The molecule has 0 radical (unpaired) electrons. The summed E-state index contributed by atoms with van der Waals surface area (Å²) in [5.41, 5.74) is 1.54. The number of hydrogen-bond acceptors (Lipinski definition) is 5. The molecular formula is C19H21BrN2O5. The Balaban J connectivity index is 1.49. The van der Waals surface area contributed by atoms with Gasteiger partial charge in [-0.25, -0.2) is 0 Å². The normalized spacial score (nSPS) is 21.8. The topological polar surface area (TPSA) is 92.8 Å². The van der Waals surface area contributed by atoms with E-state index in [9.17, 15) is 19.2 Å². The number of fused-ring (bicyclic) bond motifs is 1. The Morgan fingerprint density at radius 3 is 2.41 bits per heavy atom. The maximum Gasteiger partial charge on any atom is 0.326 e. The molecule has 1 heterocycles. The van der Waals surface area contributed by atoms with Crippen LogP contribution in [-0.2, 0) is 23.9 Å².